The van der Waals surface area contributed by atoms with Crippen molar-refractivity contribution in [2.45, 2.75) is 44.6 Å². The molecule has 2 unspecified atom stereocenters. The van der Waals surface area contributed by atoms with Crippen LogP contribution in [0.25, 0.3) is 22.3 Å². The van der Waals surface area contributed by atoms with E-state index in [9.17, 15) is 4.79 Å². The highest BCUT2D eigenvalue weighted by Gasteiger charge is 2.37. The van der Waals surface area contributed by atoms with Gasteiger partial charge in [0.25, 0.3) is 5.91 Å². The van der Waals surface area contributed by atoms with E-state index >= 15 is 0 Å². The van der Waals surface area contributed by atoms with Crippen molar-refractivity contribution in [3.63, 3.8) is 0 Å². The molecule has 0 spiro atoms. The van der Waals surface area contributed by atoms with E-state index in [2.05, 4.69) is 15.0 Å². The summed E-state index contributed by atoms with van der Waals surface area (Å²) in [6, 6.07) is 16.2. The van der Waals surface area contributed by atoms with Gasteiger partial charge >= 0.3 is 0 Å². The van der Waals surface area contributed by atoms with Gasteiger partial charge in [-0.3, -0.25) is 9.78 Å². The number of hydrogen-bond donors (Lipinski definition) is 0. The second-order valence-electron chi connectivity index (χ2n) is 8.97. The maximum absolute atomic E-state index is 13.4. The zero-order valence-corrected chi connectivity index (χ0v) is 18.8. The van der Waals surface area contributed by atoms with Crippen molar-refractivity contribution >= 4 is 16.8 Å². The smallest absolute Gasteiger partial charge is 0.254 e. The normalized spacial score (nSPS) is 20.9. The number of benzene rings is 1. The van der Waals surface area contributed by atoms with Gasteiger partial charge in [0.05, 0.1) is 29.1 Å². The molecular formula is C26H31N5O. The molecule has 1 saturated carbocycles. The standard InChI is InChI=1S/C26H31N5O/c1-29(16-9-17-30-19-31(30)20-10-3-2-4-11-20)26(32)22-18-25(24-14-7-8-15-27-24)28-23-13-6-5-12-21(22)23/h5-8,12-15,18,20H,2-4,9-11,16-17,19H2,1H3. The topological polar surface area (TPSA) is 52.1 Å². The third kappa shape index (κ3) is 4.52. The minimum absolute atomic E-state index is 0.0377. The van der Waals surface area contributed by atoms with E-state index in [1.54, 1.807) is 6.20 Å². The van der Waals surface area contributed by atoms with Crippen molar-refractivity contribution in [2.24, 2.45) is 0 Å². The summed E-state index contributed by atoms with van der Waals surface area (Å²) in [4.78, 5) is 24.4. The number of amides is 1. The number of pyridine rings is 2. The van der Waals surface area contributed by atoms with Crippen LogP contribution in [0.15, 0.2) is 54.7 Å². The summed E-state index contributed by atoms with van der Waals surface area (Å²) in [7, 11) is 1.90. The quantitative estimate of drug-likeness (QED) is 0.515. The summed E-state index contributed by atoms with van der Waals surface area (Å²) < 4.78 is 0. The lowest BCUT2D eigenvalue weighted by Gasteiger charge is -2.23. The number of nitrogens with zero attached hydrogens (tertiary/aromatic N) is 5. The van der Waals surface area contributed by atoms with Gasteiger partial charge in [-0.2, -0.15) is 0 Å². The molecule has 0 bridgehead atoms. The van der Waals surface area contributed by atoms with Crippen LogP contribution in [0.1, 0.15) is 48.9 Å². The Morgan fingerprint density at radius 2 is 1.88 bits per heavy atom. The van der Waals surface area contributed by atoms with Gasteiger partial charge in [0.1, 0.15) is 0 Å². The van der Waals surface area contributed by atoms with E-state index in [1.807, 2.05) is 60.5 Å². The molecule has 1 aromatic carbocycles. The van der Waals surface area contributed by atoms with Crippen molar-refractivity contribution in [2.75, 3.05) is 26.8 Å². The molecule has 1 amide bonds. The monoisotopic (exact) mass is 429 g/mol. The number of rotatable bonds is 7. The largest absolute Gasteiger partial charge is 0.342 e. The fourth-order valence-corrected chi connectivity index (χ4v) is 4.86. The average Bonchev–Trinajstić information content (AvgIpc) is 3.63. The van der Waals surface area contributed by atoms with Crippen LogP contribution in [0.4, 0.5) is 0 Å². The first-order valence-corrected chi connectivity index (χ1v) is 11.8. The molecule has 3 aromatic rings. The van der Waals surface area contributed by atoms with Crippen LogP contribution in [-0.2, 0) is 0 Å². The fraction of sp³-hybridized carbons (Fsp3) is 0.423. The molecule has 2 atom stereocenters. The third-order valence-corrected chi connectivity index (χ3v) is 6.71. The third-order valence-electron chi connectivity index (χ3n) is 6.71. The summed E-state index contributed by atoms with van der Waals surface area (Å²) >= 11 is 0. The Balaban J connectivity index is 1.26. The Bertz CT molecular complexity index is 1080. The van der Waals surface area contributed by atoms with Crippen LogP contribution in [0, 0.1) is 0 Å². The number of aromatic nitrogens is 2. The van der Waals surface area contributed by atoms with Gasteiger partial charge in [-0.05, 0) is 43.5 Å². The average molecular weight is 430 g/mol. The predicted molar refractivity (Wildman–Crippen MR) is 127 cm³/mol. The van der Waals surface area contributed by atoms with E-state index in [0.29, 0.717) is 5.56 Å². The molecule has 0 N–H and O–H groups in total. The predicted octanol–water partition coefficient (Wildman–Crippen LogP) is 4.58. The molecule has 3 heterocycles. The van der Waals surface area contributed by atoms with E-state index in [0.717, 1.165) is 54.5 Å². The highest BCUT2D eigenvalue weighted by molar-refractivity contribution is 6.07. The van der Waals surface area contributed by atoms with Crippen molar-refractivity contribution in [1.29, 1.82) is 0 Å². The lowest BCUT2D eigenvalue weighted by molar-refractivity contribution is 0.0790. The van der Waals surface area contributed by atoms with Gasteiger partial charge in [0.15, 0.2) is 0 Å². The van der Waals surface area contributed by atoms with Crippen molar-refractivity contribution in [3.8, 4) is 11.4 Å². The molecule has 1 aliphatic carbocycles. The van der Waals surface area contributed by atoms with Crippen molar-refractivity contribution < 1.29 is 4.79 Å². The summed E-state index contributed by atoms with van der Waals surface area (Å²) in [6.07, 6.45) is 9.53. The maximum Gasteiger partial charge on any atom is 0.254 e. The summed E-state index contributed by atoms with van der Waals surface area (Å²) in [6.45, 7) is 2.85. The van der Waals surface area contributed by atoms with Crippen LogP contribution in [0.2, 0.25) is 0 Å². The van der Waals surface area contributed by atoms with Crippen molar-refractivity contribution in [3.05, 3.63) is 60.3 Å². The van der Waals surface area contributed by atoms with Gasteiger partial charge in [0, 0.05) is 37.8 Å². The SMILES string of the molecule is CN(CCCN1CN1C1CCCCC1)C(=O)c1cc(-c2ccccn2)nc2ccccc12. The van der Waals surface area contributed by atoms with E-state index in [1.165, 1.54) is 32.1 Å². The second kappa shape index (κ2) is 9.35. The molecule has 2 aromatic heterocycles. The van der Waals surface area contributed by atoms with E-state index in [4.69, 9.17) is 4.98 Å². The number of para-hydroxylation sites is 1. The fourth-order valence-electron chi connectivity index (χ4n) is 4.86. The lowest BCUT2D eigenvalue weighted by atomic mass is 9.96. The van der Waals surface area contributed by atoms with Crippen LogP contribution in [0.3, 0.4) is 0 Å². The zero-order chi connectivity index (χ0) is 21.9. The number of fused-ring (bicyclic) bond motifs is 1. The van der Waals surface area contributed by atoms with Crippen LogP contribution < -0.4 is 0 Å². The highest BCUT2D eigenvalue weighted by Crippen LogP contribution is 2.30. The van der Waals surface area contributed by atoms with Crippen molar-refractivity contribution in [1.82, 2.24) is 24.9 Å². The van der Waals surface area contributed by atoms with Gasteiger partial charge in [-0.25, -0.2) is 15.0 Å². The lowest BCUT2D eigenvalue weighted by Crippen LogP contribution is -2.30. The Morgan fingerprint density at radius 1 is 1.06 bits per heavy atom. The minimum atomic E-state index is 0.0377. The summed E-state index contributed by atoms with van der Waals surface area (Å²) in [5.74, 6) is 0.0377. The van der Waals surface area contributed by atoms with Crippen LogP contribution >= 0.6 is 0 Å². The first kappa shape index (κ1) is 21.0. The Morgan fingerprint density at radius 3 is 2.69 bits per heavy atom. The molecule has 6 nitrogen and oxygen atoms in total. The molecule has 166 valence electrons. The Kier molecular flexibility index (Phi) is 6.14. The maximum atomic E-state index is 13.4. The van der Waals surface area contributed by atoms with Gasteiger partial charge in [-0.15, -0.1) is 0 Å². The zero-order valence-electron chi connectivity index (χ0n) is 18.8. The first-order chi connectivity index (χ1) is 15.7. The molecule has 2 aliphatic rings. The molecule has 1 saturated heterocycles. The summed E-state index contributed by atoms with van der Waals surface area (Å²) in [5, 5.41) is 5.85. The molecule has 0 radical (unpaired) electrons. The number of hydrazine groups is 1. The highest BCUT2D eigenvalue weighted by atomic mass is 16.2. The van der Waals surface area contributed by atoms with Crippen LogP contribution in [0.5, 0.6) is 0 Å². The first-order valence-electron chi connectivity index (χ1n) is 11.8. The molecule has 32 heavy (non-hydrogen) atoms. The Hall–Kier alpha value is -2.83. The number of carbonyl (C=O) groups excluding carboxylic acids is 1. The van der Waals surface area contributed by atoms with Gasteiger partial charge in [0.2, 0.25) is 0 Å². The molecule has 5 rings (SSSR count). The van der Waals surface area contributed by atoms with Gasteiger partial charge < -0.3 is 4.90 Å². The van der Waals surface area contributed by atoms with Gasteiger partial charge in [-0.1, -0.05) is 43.5 Å². The second-order valence-corrected chi connectivity index (χ2v) is 8.97. The molecule has 6 heteroatoms. The number of carbonyl (C=O) groups is 1. The summed E-state index contributed by atoms with van der Waals surface area (Å²) in [5.41, 5.74) is 3.02. The Labute approximate surface area is 189 Å². The minimum Gasteiger partial charge on any atom is -0.342 e. The molecular weight excluding hydrogens is 398 g/mol. The van der Waals surface area contributed by atoms with Crippen LogP contribution in [-0.4, -0.2) is 63.6 Å². The molecule has 1 aliphatic heterocycles. The van der Waals surface area contributed by atoms with E-state index in [-0.39, 0.29) is 5.91 Å². The molecule has 2 fully saturated rings. The number of hydrogen-bond acceptors (Lipinski definition) is 5. The van der Waals surface area contributed by atoms with E-state index < -0.39 is 0 Å².